The molecule has 1 amide bonds. The minimum atomic E-state index is -1.02. The smallest absolute Gasteiger partial charge is 0.251 e. The Labute approximate surface area is 201 Å². The molecule has 0 bridgehead atoms. The lowest BCUT2D eigenvalue weighted by Gasteiger charge is -2.13. The number of rotatable bonds is 9. The molecule has 1 unspecified atom stereocenters. The topological polar surface area (TPSA) is 123 Å². The average molecular weight is 479 g/mol. The van der Waals surface area contributed by atoms with Crippen molar-refractivity contribution in [2.75, 3.05) is 34.5 Å². The highest BCUT2D eigenvalue weighted by Gasteiger charge is 2.18. The number of methoxy groups -OCH3 is 3. The monoisotopic (exact) mass is 478 g/mol. The SMILES string of the molecule is COc1cc(-c2cc3nccc(-c4cccc(C(=O)NCC(O)CO)c4)c3o2)cc(OC)c1OC. The molecule has 2 aromatic carbocycles. The van der Waals surface area contributed by atoms with E-state index in [9.17, 15) is 9.90 Å². The summed E-state index contributed by atoms with van der Waals surface area (Å²) in [6.07, 6.45) is 0.662. The van der Waals surface area contributed by atoms with Gasteiger partial charge in [-0.2, -0.15) is 0 Å². The molecule has 0 fully saturated rings. The number of carbonyl (C=O) groups is 1. The van der Waals surface area contributed by atoms with Crippen LogP contribution in [0.15, 0.2) is 59.1 Å². The zero-order chi connectivity index (χ0) is 24.9. The van der Waals surface area contributed by atoms with Crippen molar-refractivity contribution in [2.24, 2.45) is 0 Å². The van der Waals surface area contributed by atoms with Crippen LogP contribution in [0.1, 0.15) is 10.4 Å². The van der Waals surface area contributed by atoms with Gasteiger partial charge >= 0.3 is 0 Å². The highest BCUT2D eigenvalue weighted by molar-refractivity contribution is 5.98. The molecule has 0 radical (unpaired) electrons. The second kappa shape index (κ2) is 10.5. The normalized spacial score (nSPS) is 11.8. The van der Waals surface area contributed by atoms with Crippen molar-refractivity contribution in [3.8, 4) is 39.7 Å². The summed E-state index contributed by atoms with van der Waals surface area (Å²) in [6.45, 7) is -0.475. The maximum Gasteiger partial charge on any atom is 0.251 e. The van der Waals surface area contributed by atoms with Crippen LogP contribution in [-0.2, 0) is 0 Å². The summed E-state index contributed by atoms with van der Waals surface area (Å²) in [4.78, 5) is 16.9. The molecule has 4 aromatic rings. The van der Waals surface area contributed by atoms with Gasteiger partial charge < -0.3 is 34.2 Å². The third-order valence-electron chi connectivity index (χ3n) is 5.51. The lowest BCUT2D eigenvalue weighted by Crippen LogP contribution is -2.33. The van der Waals surface area contributed by atoms with Gasteiger partial charge in [-0.1, -0.05) is 12.1 Å². The second-order valence-electron chi connectivity index (χ2n) is 7.72. The Hall–Kier alpha value is -4.08. The van der Waals surface area contributed by atoms with E-state index < -0.39 is 12.7 Å². The number of aromatic nitrogens is 1. The highest BCUT2D eigenvalue weighted by Crippen LogP contribution is 2.42. The largest absolute Gasteiger partial charge is 0.493 e. The Morgan fingerprint density at radius 1 is 1.03 bits per heavy atom. The van der Waals surface area contributed by atoms with E-state index in [1.165, 1.54) is 0 Å². The van der Waals surface area contributed by atoms with Crippen LogP contribution in [0.25, 0.3) is 33.6 Å². The fourth-order valence-corrected chi connectivity index (χ4v) is 3.74. The molecule has 182 valence electrons. The third kappa shape index (κ3) is 4.91. The van der Waals surface area contributed by atoms with Gasteiger partial charge in [0, 0.05) is 35.5 Å². The molecule has 3 N–H and O–H groups in total. The van der Waals surface area contributed by atoms with Gasteiger partial charge in [0.15, 0.2) is 17.1 Å². The lowest BCUT2D eigenvalue weighted by atomic mass is 10.0. The van der Waals surface area contributed by atoms with Crippen LogP contribution in [-0.4, -0.2) is 61.7 Å². The fraction of sp³-hybridized carbons (Fsp3) is 0.231. The number of aliphatic hydroxyl groups is 2. The van der Waals surface area contributed by atoms with Gasteiger partial charge in [0.1, 0.15) is 11.3 Å². The van der Waals surface area contributed by atoms with Crippen LogP contribution in [0, 0.1) is 0 Å². The number of benzene rings is 2. The zero-order valence-corrected chi connectivity index (χ0v) is 19.6. The molecule has 0 saturated carbocycles. The molecular weight excluding hydrogens is 452 g/mol. The molecule has 35 heavy (non-hydrogen) atoms. The molecular formula is C26H26N2O7. The summed E-state index contributed by atoms with van der Waals surface area (Å²) in [5.74, 6) is 1.68. The Balaban J connectivity index is 1.73. The number of furan rings is 1. The Morgan fingerprint density at radius 3 is 2.43 bits per heavy atom. The van der Waals surface area contributed by atoms with Gasteiger partial charge in [-0.25, -0.2) is 0 Å². The Bertz CT molecular complexity index is 1320. The molecule has 0 aliphatic carbocycles. The number of aliphatic hydroxyl groups excluding tert-OH is 2. The fourth-order valence-electron chi connectivity index (χ4n) is 3.74. The van der Waals surface area contributed by atoms with Crippen molar-refractivity contribution in [2.45, 2.75) is 6.10 Å². The first kappa shape index (κ1) is 24.1. The predicted molar refractivity (Wildman–Crippen MR) is 130 cm³/mol. The van der Waals surface area contributed by atoms with Gasteiger partial charge in [0.25, 0.3) is 5.91 Å². The van der Waals surface area contributed by atoms with Crippen molar-refractivity contribution in [1.82, 2.24) is 10.3 Å². The maximum atomic E-state index is 12.5. The number of nitrogens with zero attached hydrogens (tertiary/aromatic N) is 1. The summed E-state index contributed by atoms with van der Waals surface area (Å²) < 4.78 is 22.5. The standard InChI is InChI=1S/C26H26N2O7/c1-32-22-10-17(11-23(33-2)25(22)34-3)21-12-20-24(35-21)19(7-8-27-20)15-5-4-6-16(9-15)26(31)28-13-18(30)14-29/h4-12,18,29-30H,13-14H2,1-3H3,(H,28,31). The van der Waals surface area contributed by atoms with Gasteiger partial charge in [-0.3, -0.25) is 9.78 Å². The highest BCUT2D eigenvalue weighted by atomic mass is 16.5. The summed E-state index contributed by atoms with van der Waals surface area (Å²) in [5.41, 5.74) is 3.86. The van der Waals surface area contributed by atoms with Crippen LogP contribution in [0.5, 0.6) is 17.2 Å². The molecule has 0 aliphatic heterocycles. The van der Waals surface area contributed by atoms with Crippen molar-refractivity contribution >= 4 is 17.0 Å². The van der Waals surface area contributed by atoms with Gasteiger partial charge in [0.05, 0.1) is 34.0 Å². The molecule has 1 atom stereocenters. The zero-order valence-electron chi connectivity index (χ0n) is 19.6. The number of nitrogens with one attached hydrogen (secondary N) is 1. The van der Waals surface area contributed by atoms with E-state index >= 15 is 0 Å². The van der Waals surface area contributed by atoms with Crippen molar-refractivity contribution < 1.29 is 33.6 Å². The van der Waals surface area contributed by atoms with Gasteiger partial charge in [-0.05, 0) is 35.9 Å². The van der Waals surface area contributed by atoms with Crippen LogP contribution in [0.4, 0.5) is 0 Å². The van der Waals surface area contributed by atoms with E-state index in [0.717, 1.165) is 16.7 Å². The van der Waals surface area contributed by atoms with Crippen molar-refractivity contribution in [3.05, 3.63) is 60.3 Å². The summed E-state index contributed by atoms with van der Waals surface area (Å²) in [6, 6.07) is 14.3. The van der Waals surface area contributed by atoms with E-state index in [0.29, 0.717) is 39.7 Å². The number of pyridine rings is 1. The molecule has 0 aliphatic rings. The minimum Gasteiger partial charge on any atom is -0.493 e. The summed E-state index contributed by atoms with van der Waals surface area (Å²) in [5, 5.41) is 21.0. The van der Waals surface area contributed by atoms with E-state index in [1.807, 2.05) is 18.2 Å². The van der Waals surface area contributed by atoms with Gasteiger partial charge in [0.2, 0.25) is 5.75 Å². The molecule has 9 heteroatoms. The van der Waals surface area contributed by atoms with E-state index in [2.05, 4.69) is 10.3 Å². The third-order valence-corrected chi connectivity index (χ3v) is 5.51. The minimum absolute atomic E-state index is 0.0462. The number of hydrogen-bond acceptors (Lipinski definition) is 8. The molecule has 2 aromatic heterocycles. The summed E-state index contributed by atoms with van der Waals surface area (Å²) >= 11 is 0. The molecule has 0 saturated heterocycles. The molecule has 2 heterocycles. The van der Waals surface area contributed by atoms with Crippen LogP contribution in [0.2, 0.25) is 0 Å². The number of fused-ring (bicyclic) bond motifs is 1. The molecule has 9 nitrogen and oxygen atoms in total. The molecule has 0 spiro atoms. The number of ether oxygens (including phenoxy) is 3. The molecule has 4 rings (SSSR count). The van der Waals surface area contributed by atoms with Crippen LogP contribution in [0.3, 0.4) is 0 Å². The number of carbonyl (C=O) groups excluding carboxylic acids is 1. The first-order valence-electron chi connectivity index (χ1n) is 10.9. The van der Waals surface area contributed by atoms with E-state index in [4.69, 9.17) is 23.7 Å². The van der Waals surface area contributed by atoms with Crippen LogP contribution >= 0.6 is 0 Å². The number of hydrogen-bond donors (Lipinski definition) is 3. The van der Waals surface area contributed by atoms with E-state index in [1.54, 1.807) is 57.9 Å². The number of amides is 1. The van der Waals surface area contributed by atoms with E-state index in [-0.39, 0.29) is 12.5 Å². The quantitative estimate of drug-likeness (QED) is 0.335. The average Bonchev–Trinajstić information content (AvgIpc) is 3.35. The Morgan fingerprint density at radius 2 is 1.77 bits per heavy atom. The summed E-state index contributed by atoms with van der Waals surface area (Å²) in [7, 11) is 4.64. The van der Waals surface area contributed by atoms with Crippen molar-refractivity contribution in [3.63, 3.8) is 0 Å². The lowest BCUT2D eigenvalue weighted by molar-refractivity contribution is 0.0802. The first-order valence-corrected chi connectivity index (χ1v) is 10.9. The first-order chi connectivity index (χ1) is 17.0. The van der Waals surface area contributed by atoms with Gasteiger partial charge in [-0.15, -0.1) is 0 Å². The van der Waals surface area contributed by atoms with Crippen LogP contribution < -0.4 is 19.5 Å². The Kier molecular flexibility index (Phi) is 7.19. The maximum absolute atomic E-state index is 12.5. The predicted octanol–water partition coefficient (Wildman–Crippen LogP) is 3.27. The second-order valence-corrected chi connectivity index (χ2v) is 7.72. The van der Waals surface area contributed by atoms with Crippen molar-refractivity contribution in [1.29, 1.82) is 0 Å².